The summed E-state index contributed by atoms with van der Waals surface area (Å²) in [6.45, 7) is -0.844. The molecule has 0 fully saturated rings. The zero-order valence-corrected chi connectivity index (χ0v) is 9.65. The minimum atomic E-state index is -4.60. The van der Waals surface area contributed by atoms with Crippen molar-refractivity contribution in [2.45, 2.75) is 12.8 Å². The number of guanidine groups is 2. The van der Waals surface area contributed by atoms with Crippen molar-refractivity contribution < 1.29 is 18.3 Å². The number of aliphatic hydroxyl groups is 1. The van der Waals surface area contributed by atoms with E-state index in [-0.39, 0.29) is 11.6 Å². The lowest BCUT2D eigenvalue weighted by atomic mass is 10.1. The highest BCUT2D eigenvalue weighted by Crippen LogP contribution is 2.36. The third kappa shape index (κ3) is 3.85. The summed E-state index contributed by atoms with van der Waals surface area (Å²) in [6, 6.07) is 3.24. The van der Waals surface area contributed by atoms with Gasteiger partial charge in [-0.15, -0.1) is 0 Å². The first kappa shape index (κ1) is 14.8. The van der Waals surface area contributed by atoms with Gasteiger partial charge in [-0.3, -0.25) is 0 Å². The molecule has 6 nitrogen and oxygen atoms in total. The van der Waals surface area contributed by atoms with Crippen LogP contribution in [-0.4, -0.2) is 17.0 Å². The standard InChI is InChI=1S/C10H12F3N5O/c11-10(12,13)6-2-1-3-7(5(6)4-19)17-9(16)18-8(14)15/h1-3,19H,4H2,(H6,14,15,16,17,18). The van der Waals surface area contributed by atoms with Gasteiger partial charge in [0.15, 0.2) is 5.96 Å². The van der Waals surface area contributed by atoms with E-state index in [1.54, 1.807) is 0 Å². The summed E-state index contributed by atoms with van der Waals surface area (Å²) < 4.78 is 38.1. The van der Waals surface area contributed by atoms with Gasteiger partial charge in [0.05, 0.1) is 17.9 Å². The summed E-state index contributed by atoms with van der Waals surface area (Å²) in [5, 5.41) is 9.06. The summed E-state index contributed by atoms with van der Waals surface area (Å²) >= 11 is 0. The average molecular weight is 275 g/mol. The van der Waals surface area contributed by atoms with Crippen LogP contribution in [-0.2, 0) is 12.8 Å². The van der Waals surface area contributed by atoms with E-state index in [1.807, 2.05) is 0 Å². The Morgan fingerprint density at radius 2 is 1.84 bits per heavy atom. The smallest absolute Gasteiger partial charge is 0.392 e. The molecule has 0 aliphatic carbocycles. The van der Waals surface area contributed by atoms with Gasteiger partial charge in [0, 0.05) is 5.56 Å². The zero-order valence-electron chi connectivity index (χ0n) is 9.65. The molecule has 1 rings (SSSR count). The number of aliphatic hydroxyl groups excluding tert-OH is 1. The van der Waals surface area contributed by atoms with Crippen molar-refractivity contribution in [3.63, 3.8) is 0 Å². The second kappa shape index (κ2) is 5.57. The molecule has 19 heavy (non-hydrogen) atoms. The van der Waals surface area contributed by atoms with Gasteiger partial charge < -0.3 is 22.3 Å². The van der Waals surface area contributed by atoms with E-state index in [9.17, 15) is 13.2 Å². The molecular weight excluding hydrogens is 263 g/mol. The largest absolute Gasteiger partial charge is 0.416 e. The lowest BCUT2D eigenvalue weighted by Crippen LogP contribution is -2.26. The number of alkyl halides is 3. The molecule has 0 spiro atoms. The fraction of sp³-hybridized carbons (Fsp3) is 0.200. The number of nitrogens with two attached hydrogens (primary N) is 3. The van der Waals surface area contributed by atoms with Gasteiger partial charge >= 0.3 is 6.18 Å². The van der Waals surface area contributed by atoms with Crippen molar-refractivity contribution in [3.05, 3.63) is 29.3 Å². The van der Waals surface area contributed by atoms with Crippen LogP contribution in [0.25, 0.3) is 0 Å². The molecule has 0 aliphatic heterocycles. The molecule has 0 aromatic heterocycles. The van der Waals surface area contributed by atoms with Crippen LogP contribution in [0.15, 0.2) is 28.2 Å². The first-order valence-corrected chi connectivity index (χ1v) is 4.99. The van der Waals surface area contributed by atoms with Crippen LogP contribution in [0.5, 0.6) is 0 Å². The van der Waals surface area contributed by atoms with Gasteiger partial charge in [-0.2, -0.15) is 18.2 Å². The van der Waals surface area contributed by atoms with E-state index in [2.05, 4.69) is 9.98 Å². The molecule has 0 bridgehead atoms. The Bertz CT molecular complexity index is 520. The van der Waals surface area contributed by atoms with Crippen molar-refractivity contribution in [3.8, 4) is 0 Å². The van der Waals surface area contributed by atoms with Gasteiger partial charge in [0.1, 0.15) is 0 Å². The van der Waals surface area contributed by atoms with Gasteiger partial charge in [-0.25, -0.2) is 4.99 Å². The quantitative estimate of drug-likeness (QED) is 0.461. The predicted octanol–water partition coefficient (Wildman–Crippen LogP) is 0.417. The number of hydrogen-bond donors (Lipinski definition) is 4. The van der Waals surface area contributed by atoms with E-state index in [0.29, 0.717) is 0 Å². The number of hydrogen-bond acceptors (Lipinski definition) is 2. The van der Waals surface area contributed by atoms with Gasteiger partial charge in [-0.05, 0) is 12.1 Å². The number of benzene rings is 1. The highest BCUT2D eigenvalue weighted by Gasteiger charge is 2.33. The molecule has 7 N–H and O–H groups in total. The third-order valence-electron chi connectivity index (χ3n) is 2.09. The van der Waals surface area contributed by atoms with Crippen LogP contribution in [0.1, 0.15) is 11.1 Å². The van der Waals surface area contributed by atoms with E-state index >= 15 is 0 Å². The molecule has 1 aromatic carbocycles. The number of rotatable bonds is 2. The summed E-state index contributed by atoms with van der Waals surface area (Å²) in [7, 11) is 0. The Labute approximate surface area is 106 Å². The lowest BCUT2D eigenvalue weighted by molar-refractivity contribution is -0.138. The van der Waals surface area contributed by atoms with E-state index in [4.69, 9.17) is 22.3 Å². The molecule has 0 saturated heterocycles. The fourth-order valence-corrected chi connectivity index (χ4v) is 1.39. The molecule has 0 saturated carbocycles. The van der Waals surface area contributed by atoms with Gasteiger partial charge in [0.2, 0.25) is 5.96 Å². The Balaban J connectivity index is 3.34. The molecule has 9 heteroatoms. The summed E-state index contributed by atoms with van der Waals surface area (Å²) in [5.41, 5.74) is 13.9. The maximum absolute atomic E-state index is 12.7. The van der Waals surface area contributed by atoms with Gasteiger partial charge in [-0.1, -0.05) is 6.07 Å². The maximum Gasteiger partial charge on any atom is 0.416 e. The van der Waals surface area contributed by atoms with E-state index < -0.39 is 29.9 Å². The van der Waals surface area contributed by atoms with Crippen molar-refractivity contribution in [1.29, 1.82) is 0 Å². The van der Waals surface area contributed by atoms with E-state index in [0.717, 1.165) is 12.1 Å². The van der Waals surface area contributed by atoms with Crippen LogP contribution in [0.2, 0.25) is 0 Å². The normalized spacial score (nSPS) is 12.3. The third-order valence-corrected chi connectivity index (χ3v) is 2.09. The topological polar surface area (TPSA) is 123 Å². The van der Waals surface area contributed by atoms with Crippen LogP contribution in [0.3, 0.4) is 0 Å². The Kier molecular flexibility index (Phi) is 4.33. The minimum Gasteiger partial charge on any atom is -0.392 e. The van der Waals surface area contributed by atoms with Crippen LogP contribution in [0.4, 0.5) is 18.9 Å². The predicted molar refractivity (Wildman–Crippen MR) is 64.5 cm³/mol. The molecule has 0 unspecified atom stereocenters. The van der Waals surface area contributed by atoms with Crippen molar-refractivity contribution in [1.82, 2.24) is 0 Å². The Morgan fingerprint density at radius 1 is 1.21 bits per heavy atom. The molecule has 0 atom stereocenters. The molecular formula is C10H12F3N5O. The van der Waals surface area contributed by atoms with Crippen molar-refractivity contribution in [2.24, 2.45) is 27.2 Å². The fourth-order valence-electron chi connectivity index (χ4n) is 1.39. The maximum atomic E-state index is 12.7. The first-order chi connectivity index (χ1) is 8.75. The van der Waals surface area contributed by atoms with Crippen LogP contribution in [0, 0.1) is 0 Å². The first-order valence-electron chi connectivity index (χ1n) is 4.99. The second-order valence-corrected chi connectivity index (χ2v) is 3.47. The number of nitrogens with zero attached hydrogens (tertiary/aromatic N) is 2. The summed E-state index contributed by atoms with van der Waals surface area (Å²) in [4.78, 5) is 7.01. The lowest BCUT2D eigenvalue weighted by Gasteiger charge is -2.13. The molecule has 0 amide bonds. The van der Waals surface area contributed by atoms with Gasteiger partial charge in [0.25, 0.3) is 0 Å². The van der Waals surface area contributed by atoms with Crippen molar-refractivity contribution >= 4 is 17.6 Å². The minimum absolute atomic E-state index is 0.153. The Hall–Kier alpha value is -2.29. The van der Waals surface area contributed by atoms with Crippen LogP contribution >= 0.6 is 0 Å². The second-order valence-electron chi connectivity index (χ2n) is 3.47. The van der Waals surface area contributed by atoms with Crippen molar-refractivity contribution in [2.75, 3.05) is 0 Å². The highest BCUT2D eigenvalue weighted by molar-refractivity contribution is 5.93. The number of halogens is 3. The van der Waals surface area contributed by atoms with Crippen LogP contribution < -0.4 is 17.2 Å². The Morgan fingerprint density at radius 3 is 2.32 bits per heavy atom. The zero-order chi connectivity index (χ0) is 14.6. The molecule has 104 valence electrons. The SMILES string of the molecule is NC(N)=NC(N)=Nc1cccc(C(F)(F)F)c1CO. The average Bonchev–Trinajstić information content (AvgIpc) is 2.26. The molecule has 0 heterocycles. The summed E-state index contributed by atoms with van der Waals surface area (Å²) in [5.74, 6) is -0.784. The molecule has 0 aliphatic rings. The number of aliphatic imine (C=N–C) groups is 2. The monoisotopic (exact) mass is 275 g/mol. The summed E-state index contributed by atoms with van der Waals surface area (Å²) in [6.07, 6.45) is -4.60. The molecule has 1 aromatic rings. The van der Waals surface area contributed by atoms with E-state index in [1.165, 1.54) is 6.07 Å². The molecule has 0 radical (unpaired) electrons. The highest BCUT2D eigenvalue weighted by atomic mass is 19.4.